The molecule has 2 aromatic carbocycles. The SMILES string of the molecule is O=C([O-])c1cccc(C(=O)c2ccccc2)c1.[Na+]. The summed E-state index contributed by atoms with van der Waals surface area (Å²) < 4.78 is 0. The average molecular weight is 248 g/mol. The number of carboxylic acids is 1. The Bertz CT molecular complexity index is 564. The van der Waals surface area contributed by atoms with Crippen molar-refractivity contribution in [2.75, 3.05) is 0 Å². The maximum absolute atomic E-state index is 12.0. The molecule has 0 N–H and O–H groups in total. The van der Waals surface area contributed by atoms with Gasteiger partial charge in [0.15, 0.2) is 5.78 Å². The van der Waals surface area contributed by atoms with Gasteiger partial charge in [-0.3, -0.25) is 4.79 Å². The monoisotopic (exact) mass is 248 g/mol. The van der Waals surface area contributed by atoms with Crippen LogP contribution in [0.2, 0.25) is 0 Å². The minimum absolute atomic E-state index is 0. The molecule has 18 heavy (non-hydrogen) atoms. The van der Waals surface area contributed by atoms with Crippen molar-refractivity contribution >= 4 is 11.8 Å². The molecule has 0 spiro atoms. The van der Waals surface area contributed by atoms with Gasteiger partial charge >= 0.3 is 29.6 Å². The second-order valence-electron chi connectivity index (χ2n) is 3.56. The van der Waals surface area contributed by atoms with Gasteiger partial charge in [-0.2, -0.15) is 0 Å². The maximum Gasteiger partial charge on any atom is 1.00 e. The number of ketones is 1. The Morgan fingerprint density at radius 3 is 1.94 bits per heavy atom. The molecule has 0 bridgehead atoms. The van der Waals surface area contributed by atoms with Crippen molar-refractivity contribution in [3.8, 4) is 0 Å². The van der Waals surface area contributed by atoms with Gasteiger partial charge in [0, 0.05) is 11.1 Å². The van der Waals surface area contributed by atoms with E-state index in [2.05, 4.69) is 0 Å². The zero-order chi connectivity index (χ0) is 12.3. The molecular weight excluding hydrogens is 239 g/mol. The van der Waals surface area contributed by atoms with E-state index in [-0.39, 0.29) is 40.9 Å². The molecule has 0 radical (unpaired) electrons. The molecule has 0 aliphatic heterocycles. The van der Waals surface area contributed by atoms with Crippen molar-refractivity contribution < 1.29 is 44.3 Å². The van der Waals surface area contributed by atoms with Crippen molar-refractivity contribution in [1.82, 2.24) is 0 Å². The van der Waals surface area contributed by atoms with Crippen LogP contribution < -0.4 is 34.7 Å². The summed E-state index contributed by atoms with van der Waals surface area (Å²) >= 11 is 0. The van der Waals surface area contributed by atoms with Crippen LogP contribution in [0.25, 0.3) is 0 Å². The van der Waals surface area contributed by atoms with Gasteiger partial charge in [-0.05, 0) is 11.6 Å². The zero-order valence-electron chi connectivity index (χ0n) is 9.92. The summed E-state index contributed by atoms with van der Waals surface area (Å²) in [7, 11) is 0. The first-order chi connectivity index (χ1) is 8.18. The Balaban J connectivity index is 0.00000162. The van der Waals surface area contributed by atoms with Gasteiger partial charge in [-0.25, -0.2) is 0 Å². The van der Waals surface area contributed by atoms with Gasteiger partial charge in [0.25, 0.3) is 0 Å². The van der Waals surface area contributed by atoms with Crippen LogP contribution in [0.4, 0.5) is 0 Å². The van der Waals surface area contributed by atoms with Crippen LogP contribution in [0.3, 0.4) is 0 Å². The first-order valence-electron chi connectivity index (χ1n) is 5.09. The summed E-state index contributed by atoms with van der Waals surface area (Å²) in [6, 6.07) is 14.5. The van der Waals surface area contributed by atoms with Crippen LogP contribution in [-0.4, -0.2) is 11.8 Å². The molecular formula is C14H9NaO3. The largest absolute Gasteiger partial charge is 1.00 e. The van der Waals surface area contributed by atoms with Gasteiger partial charge < -0.3 is 9.90 Å². The van der Waals surface area contributed by atoms with Crippen LogP contribution in [0.1, 0.15) is 26.3 Å². The molecule has 84 valence electrons. The van der Waals surface area contributed by atoms with Crippen molar-refractivity contribution in [1.29, 1.82) is 0 Å². The standard InChI is InChI=1S/C14H10O3.Na/c15-13(10-5-2-1-3-6-10)11-7-4-8-12(9-11)14(16)17;/h1-9H,(H,16,17);/q;+1/p-1. The Labute approximate surface area is 127 Å². The van der Waals surface area contributed by atoms with Gasteiger partial charge in [0.2, 0.25) is 0 Å². The summed E-state index contributed by atoms with van der Waals surface area (Å²) in [5, 5.41) is 10.7. The molecule has 0 heterocycles. The van der Waals surface area contributed by atoms with Crippen LogP contribution in [0.5, 0.6) is 0 Å². The van der Waals surface area contributed by atoms with Crippen molar-refractivity contribution in [3.05, 3.63) is 71.3 Å². The summed E-state index contributed by atoms with van der Waals surface area (Å²) in [6.45, 7) is 0. The number of hydrogen-bond acceptors (Lipinski definition) is 3. The van der Waals surface area contributed by atoms with Gasteiger partial charge in [-0.1, -0.05) is 48.5 Å². The zero-order valence-corrected chi connectivity index (χ0v) is 11.9. The Hall–Kier alpha value is -1.42. The molecule has 0 saturated heterocycles. The van der Waals surface area contributed by atoms with Gasteiger partial charge in [-0.15, -0.1) is 0 Å². The Kier molecular flexibility index (Phi) is 5.28. The molecule has 2 rings (SSSR count). The van der Waals surface area contributed by atoms with Crippen LogP contribution in [0.15, 0.2) is 54.6 Å². The Morgan fingerprint density at radius 2 is 1.33 bits per heavy atom. The van der Waals surface area contributed by atoms with Crippen LogP contribution in [0, 0.1) is 0 Å². The minimum Gasteiger partial charge on any atom is -0.545 e. The van der Waals surface area contributed by atoms with Gasteiger partial charge in [0.1, 0.15) is 0 Å². The minimum atomic E-state index is -1.28. The van der Waals surface area contributed by atoms with E-state index in [1.807, 2.05) is 6.07 Å². The molecule has 3 nitrogen and oxygen atoms in total. The van der Waals surface area contributed by atoms with E-state index in [1.54, 1.807) is 30.3 Å². The molecule has 0 aliphatic carbocycles. The van der Waals surface area contributed by atoms with E-state index in [0.29, 0.717) is 11.1 Å². The molecule has 0 atom stereocenters. The molecule has 0 fully saturated rings. The normalized spacial score (nSPS) is 9.33. The van der Waals surface area contributed by atoms with Crippen LogP contribution >= 0.6 is 0 Å². The number of aromatic carboxylic acids is 1. The van der Waals surface area contributed by atoms with E-state index in [9.17, 15) is 14.7 Å². The number of rotatable bonds is 3. The van der Waals surface area contributed by atoms with Crippen LogP contribution in [-0.2, 0) is 0 Å². The first-order valence-corrected chi connectivity index (χ1v) is 5.09. The Morgan fingerprint density at radius 1 is 0.778 bits per heavy atom. The topological polar surface area (TPSA) is 57.2 Å². The summed E-state index contributed by atoms with van der Waals surface area (Å²) in [5.74, 6) is -1.48. The maximum atomic E-state index is 12.0. The first kappa shape index (κ1) is 14.6. The fourth-order valence-electron chi connectivity index (χ4n) is 1.54. The van der Waals surface area contributed by atoms with Crippen molar-refractivity contribution in [3.63, 3.8) is 0 Å². The number of benzene rings is 2. The van der Waals surface area contributed by atoms with E-state index >= 15 is 0 Å². The number of hydrogen-bond donors (Lipinski definition) is 0. The molecule has 2 aromatic rings. The molecule has 0 amide bonds. The fraction of sp³-hybridized carbons (Fsp3) is 0. The fourth-order valence-corrected chi connectivity index (χ4v) is 1.54. The molecule has 4 heteroatoms. The molecule has 0 saturated carbocycles. The second-order valence-corrected chi connectivity index (χ2v) is 3.56. The molecule has 0 unspecified atom stereocenters. The molecule has 0 aromatic heterocycles. The predicted molar refractivity (Wildman–Crippen MR) is 60.6 cm³/mol. The predicted octanol–water partition coefficient (Wildman–Crippen LogP) is -1.71. The number of carboxylic acid groups (broad SMARTS) is 1. The van der Waals surface area contributed by atoms with Crippen molar-refractivity contribution in [2.24, 2.45) is 0 Å². The van der Waals surface area contributed by atoms with Gasteiger partial charge in [0.05, 0.1) is 5.97 Å². The smallest absolute Gasteiger partial charge is 0.545 e. The third-order valence-corrected chi connectivity index (χ3v) is 2.40. The quantitative estimate of drug-likeness (QED) is 0.480. The van der Waals surface area contributed by atoms with Crippen molar-refractivity contribution in [2.45, 2.75) is 0 Å². The average Bonchev–Trinajstić information content (AvgIpc) is 2.39. The number of carbonyl (C=O) groups excluding carboxylic acids is 2. The third-order valence-electron chi connectivity index (χ3n) is 2.40. The third kappa shape index (κ3) is 3.29. The van der Waals surface area contributed by atoms with E-state index in [4.69, 9.17) is 0 Å². The number of carbonyl (C=O) groups is 2. The summed E-state index contributed by atoms with van der Waals surface area (Å²) in [5.41, 5.74) is 0.882. The summed E-state index contributed by atoms with van der Waals surface area (Å²) in [6.07, 6.45) is 0. The van der Waals surface area contributed by atoms with E-state index in [1.165, 1.54) is 18.2 Å². The van der Waals surface area contributed by atoms with E-state index in [0.717, 1.165) is 0 Å². The van der Waals surface area contributed by atoms with E-state index < -0.39 is 5.97 Å². The molecule has 0 aliphatic rings. The summed E-state index contributed by atoms with van der Waals surface area (Å²) in [4.78, 5) is 22.7. The second kappa shape index (κ2) is 6.50.